The highest BCUT2D eigenvalue weighted by Crippen LogP contribution is 2.31. The molecule has 1 amide bonds. The summed E-state index contributed by atoms with van der Waals surface area (Å²) in [5, 5.41) is 35.2. The Morgan fingerprint density at radius 3 is 2.90 bits per heavy atom. The van der Waals surface area contributed by atoms with Crippen LogP contribution in [0.3, 0.4) is 0 Å². The monoisotopic (exact) mass is 422 g/mol. The van der Waals surface area contributed by atoms with Crippen LogP contribution in [-0.4, -0.2) is 62.7 Å². The topological polar surface area (TPSA) is 136 Å². The Bertz CT molecular complexity index is 1140. The van der Waals surface area contributed by atoms with Gasteiger partial charge >= 0.3 is 6.09 Å². The van der Waals surface area contributed by atoms with E-state index in [9.17, 15) is 15.2 Å². The largest absolute Gasteiger partial charge is 0.492 e. The molecule has 0 bridgehead atoms. The molecule has 0 unspecified atom stereocenters. The van der Waals surface area contributed by atoms with Gasteiger partial charge in [-0.05, 0) is 31.5 Å². The number of anilines is 1. The van der Waals surface area contributed by atoms with Gasteiger partial charge in [-0.25, -0.2) is 14.3 Å². The van der Waals surface area contributed by atoms with Crippen molar-refractivity contribution in [3.8, 4) is 22.9 Å². The first-order chi connectivity index (χ1) is 15.0. The van der Waals surface area contributed by atoms with Crippen LogP contribution < -0.4 is 15.0 Å². The minimum atomic E-state index is -1.14. The van der Waals surface area contributed by atoms with E-state index >= 15 is 0 Å². The van der Waals surface area contributed by atoms with E-state index in [1.165, 1.54) is 6.20 Å². The zero-order chi connectivity index (χ0) is 22.0. The Labute approximate surface area is 178 Å². The number of aromatic nitrogens is 3. The highest BCUT2D eigenvalue weighted by Gasteiger charge is 2.29. The molecule has 4 heterocycles. The van der Waals surface area contributed by atoms with Gasteiger partial charge in [-0.15, -0.1) is 0 Å². The molecular formula is C21H22N6O4. The highest BCUT2D eigenvalue weighted by atomic mass is 16.5. The van der Waals surface area contributed by atoms with E-state index in [2.05, 4.69) is 21.5 Å². The van der Waals surface area contributed by atoms with Crippen LogP contribution in [0.4, 0.5) is 10.6 Å². The van der Waals surface area contributed by atoms with Crippen LogP contribution >= 0.6 is 0 Å². The summed E-state index contributed by atoms with van der Waals surface area (Å²) >= 11 is 0. The first kappa shape index (κ1) is 20.4. The first-order valence-corrected chi connectivity index (χ1v) is 9.93. The van der Waals surface area contributed by atoms with E-state index in [1.54, 1.807) is 16.9 Å². The average Bonchev–Trinajstić information content (AvgIpc) is 3.18. The smallest absolute Gasteiger partial charge is 0.404 e. The van der Waals surface area contributed by atoms with E-state index in [4.69, 9.17) is 9.84 Å². The Balaban J connectivity index is 1.62. The van der Waals surface area contributed by atoms with Crippen molar-refractivity contribution in [2.24, 2.45) is 0 Å². The number of nitrogens with zero attached hydrogens (tertiary/aromatic N) is 5. The fourth-order valence-corrected chi connectivity index (χ4v) is 3.84. The Morgan fingerprint density at radius 2 is 2.26 bits per heavy atom. The molecule has 1 fully saturated rings. The van der Waals surface area contributed by atoms with E-state index in [1.807, 2.05) is 30.0 Å². The molecule has 0 saturated carbocycles. The third-order valence-corrected chi connectivity index (χ3v) is 5.29. The first-order valence-electron chi connectivity index (χ1n) is 9.93. The number of hydrogen-bond acceptors (Lipinski definition) is 7. The van der Waals surface area contributed by atoms with Crippen LogP contribution in [-0.2, 0) is 0 Å². The SMILES string of the molecule is CCOc1cc(-c2ccc(N3CC[C@@H](NC(=O)O)[C@H](O)C3)nc2)c2c(C#N)cnn2c1. The summed E-state index contributed by atoms with van der Waals surface area (Å²) in [6.07, 6.45) is 3.49. The van der Waals surface area contributed by atoms with Gasteiger partial charge in [0.25, 0.3) is 0 Å². The number of ether oxygens (including phenoxy) is 1. The minimum Gasteiger partial charge on any atom is -0.492 e. The number of aliphatic hydroxyl groups excluding tert-OH is 1. The van der Waals surface area contributed by atoms with Crippen molar-refractivity contribution in [3.05, 3.63) is 42.4 Å². The van der Waals surface area contributed by atoms with Crippen molar-refractivity contribution in [2.45, 2.75) is 25.5 Å². The average molecular weight is 422 g/mol. The van der Waals surface area contributed by atoms with Crippen LogP contribution in [0.5, 0.6) is 5.75 Å². The maximum atomic E-state index is 10.8. The second kappa shape index (κ2) is 8.49. The molecule has 0 spiro atoms. The number of amides is 1. The molecule has 3 aromatic rings. The van der Waals surface area contributed by atoms with E-state index < -0.39 is 18.2 Å². The van der Waals surface area contributed by atoms with Gasteiger partial charge in [0, 0.05) is 30.4 Å². The molecule has 0 radical (unpaired) electrons. The molecule has 2 atom stereocenters. The molecule has 3 aromatic heterocycles. The quantitative estimate of drug-likeness (QED) is 0.567. The lowest BCUT2D eigenvalue weighted by Crippen LogP contribution is -2.54. The maximum Gasteiger partial charge on any atom is 0.404 e. The molecule has 3 N–H and O–H groups in total. The number of fused-ring (bicyclic) bond motifs is 1. The number of pyridine rings is 2. The van der Waals surface area contributed by atoms with Gasteiger partial charge in [-0.3, -0.25) is 0 Å². The van der Waals surface area contributed by atoms with Gasteiger partial charge in [0.15, 0.2) is 0 Å². The van der Waals surface area contributed by atoms with E-state index in [0.29, 0.717) is 42.2 Å². The van der Waals surface area contributed by atoms with Crippen molar-refractivity contribution in [2.75, 3.05) is 24.6 Å². The van der Waals surface area contributed by atoms with E-state index in [-0.39, 0.29) is 6.54 Å². The molecule has 160 valence electrons. The van der Waals surface area contributed by atoms with Crippen molar-refractivity contribution in [1.29, 1.82) is 5.26 Å². The lowest BCUT2D eigenvalue weighted by molar-refractivity contribution is 0.108. The molecule has 1 aliphatic heterocycles. The van der Waals surface area contributed by atoms with Crippen molar-refractivity contribution in [3.63, 3.8) is 0 Å². The van der Waals surface area contributed by atoms with Gasteiger partial charge in [-0.1, -0.05) is 0 Å². The molecule has 10 nitrogen and oxygen atoms in total. The van der Waals surface area contributed by atoms with Crippen LogP contribution in [0.15, 0.2) is 36.8 Å². The summed E-state index contributed by atoms with van der Waals surface area (Å²) in [6, 6.07) is 7.29. The summed E-state index contributed by atoms with van der Waals surface area (Å²) in [7, 11) is 0. The van der Waals surface area contributed by atoms with Crippen molar-refractivity contribution >= 4 is 17.4 Å². The second-order valence-corrected chi connectivity index (χ2v) is 7.25. The molecule has 1 saturated heterocycles. The molecule has 31 heavy (non-hydrogen) atoms. The third-order valence-electron chi connectivity index (χ3n) is 5.29. The highest BCUT2D eigenvalue weighted by molar-refractivity contribution is 5.85. The van der Waals surface area contributed by atoms with Crippen LogP contribution in [0.25, 0.3) is 16.6 Å². The number of carbonyl (C=O) groups is 1. The van der Waals surface area contributed by atoms with Crippen LogP contribution in [0, 0.1) is 11.3 Å². The second-order valence-electron chi connectivity index (χ2n) is 7.25. The summed E-state index contributed by atoms with van der Waals surface area (Å²) < 4.78 is 7.27. The number of β-amino-alcohol motifs (C(OH)–C–C–N with tert-alkyl or cyclic N) is 1. The number of nitriles is 1. The van der Waals surface area contributed by atoms with Gasteiger partial charge in [0.05, 0.1) is 42.2 Å². The van der Waals surface area contributed by atoms with Crippen molar-refractivity contribution in [1.82, 2.24) is 19.9 Å². The van der Waals surface area contributed by atoms with Crippen LogP contribution in [0.1, 0.15) is 18.9 Å². The number of carboxylic acid groups (broad SMARTS) is 1. The Kier molecular flexibility index (Phi) is 5.60. The lowest BCUT2D eigenvalue weighted by Gasteiger charge is -2.36. The zero-order valence-electron chi connectivity index (χ0n) is 16.9. The van der Waals surface area contributed by atoms with Crippen LogP contribution in [0.2, 0.25) is 0 Å². The zero-order valence-corrected chi connectivity index (χ0v) is 16.9. The predicted octanol–water partition coefficient (Wildman–Crippen LogP) is 1.87. The molecule has 4 rings (SSSR count). The Morgan fingerprint density at radius 1 is 1.42 bits per heavy atom. The number of rotatable bonds is 5. The maximum absolute atomic E-state index is 10.8. The van der Waals surface area contributed by atoms with Gasteiger partial charge in [0.2, 0.25) is 0 Å². The van der Waals surface area contributed by atoms with Crippen molar-refractivity contribution < 1.29 is 19.7 Å². The molecular weight excluding hydrogens is 400 g/mol. The predicted molar refractivity (Wildman–Crippen MR) is 112 cm³/mol. The van der Waals surface area contributed by atoms with Gasteiger partial charge < -0.3 is 25.2 Å². The summed E-state index contributed by atoms with van der Waals surface area (Å²) in [5.74, 6) is 1.32. The normalized spacial score (nSPS) is 18.5. The van der Waals surface area contributed by atoms with Gasteiger partial charge in [-0.2, -0.15) is 10.4 Å². The Hall–Kier alpha value is -3.84. The van der Waals surface area contributed by atoms with E-state index in [0.717, 1.165) is 11.1 Å². The molecule has 10 heteroatoms. The number of piperidine rings is 1. The summed E-state index contributed by atoms with van der Waals surface area (Å²) in [4.78, 5) is 17.3. The standard InChI is InChI=1S/C21H22N6O4/c1-2-31-15-7-16(20-14(8-22)10-24-27(20)11-15)13-3-4-19(23-9-13)26-6-5-17(18(28)12-26)25-21(29)30/h3-4,7,9-11,17-18,25,28H,2,5-6,12H2,1H3,(H,29,30)/t17-,18-/m1/s1. The fourth-order valence-electron chi connectivity index (χ4n) is 3.84. The summed E-state index contributed by atoms with van der Waals surface area (Å²) in [6.45, 7) is 3.25. The number of aliphatic hydroxyl groups is 1. The number of nitrogens with one attached hydrogen (secondary N) is 1. The third kappa shape index (κ3) is 4.08. The fraction of sp³-hybridized carbons (Fsp3) is 0.333. The van der Waals surface area contributed by atoms with Gasteiger partial charge in [0.1, 0.15) is 17.6 Å². The minimum absolute atomic E-state index is 0.280. The molecule has 0 aromatic carbocycles. The molecule has 1 aliphatic rings. The molecule has 0 aliphatic carbocycles. The summed E-state index contributed by atoms with van der Waals surface area (Å²) in [5.41, 5.74) is 2.72. The number of hydrogen-bond donors (Lipinski definition) is 3. The lowest BCUT2D eigenvalue weighted by atomic mass is 10.0.